The Bertz CT molecular complexity index is 492. The zero-order valence-electron chi connectivity index (χ0n) is 8.65. The van der Waals surface area contributed by atoms with E-state index < -0.39 is 0 Å². The van der Waals surface area contributed by atoms with E-state index in [1.807, 2.05) is 18.2 Å². The van der Waals surface area contributed by atoms with E-state index >= 15 is 0 Å². The molecular weight excluding hydrogens is 263 g/mol. The van der Waals surface area contributed by atoms with Crippen LogP contribution in [0, 0.1) is 0 Å². The van der Waals surface area contributed by atoms with E-state index in [0.717, 1.165) is 28.8 Å². The lowest BCUT2D eigenvalue weighted by Crippen LogP contribution is -2.16. The van der Waals surface area contributed by atoms with Crippen LogP contribution in [-0.2, 0) is 0 Å². The Morgan fingerprint density at radius 2 is 2.00 bits per heavy atom. The van der Waals surface area contributed by atoms with Gasteiger partial charge in [-0.1, -0.05) is 22.9 Å². The molecule has 86 valence electrons. The maximum atomic E-state index is 5.95. The summed E-state index contributed by atoms with van der Waals surface area (Å²) in [5.41, 5.74) is 1.06. The highest BCUT2D eigenvalue weighted by atomic mass is 35.5. The van der Waals surface area contributed by atoms with Gasteiger partial charge in [-0.05, 0) is 31.0 Å². The number of thiazole rings is 1. The summed E-state index contributed by atoms with van der Waals surface area (Å²) >= 11 is 7.69. The van der Waals surface area contributed by atoms with Crippen molar-refractivity contribution in [1.82, 2.24) is 4.98 Å². The lowest BCUT2D eigenvalue weighted by molar-refractivity contribution is 0.949. The number of hydrogen-bond acceptors (Lipinski definition) is 3. The summed E-state index contributed by atoms with van der Waals surface area (Å²) in [4.78, 5) is 6.98. The van der Waals surface area contributed by atoms with Crippen LogP contribution in [0.2, 0.25) is 5.02 Å². The number of rotatable bonds is 1. The molecule has 1 aromatic carbocycles. The molecule has 0 spiro atoms. The summed E-state index contributed by atoms with van der Waals surface area (Å²) in [6.45, 7) is 2.29. The maximum Gasteiger partial charge on any atom is 0.186 e. The SMILES string of the molecule is Cl.Clc1ccc2nc(N3CCCC3)sc2c1. The summed E-state index contributed by atoms with van der Waals surface area (Å²) < 4.78 is 1.18. The molecule has 0 saturated carbocycles. The average Bonchev–Trinajstić information content (AvgIpc) is 2.84. The molecule has 1 fully saturated rings. The molecule has 0 amide bonds. The van der Waals surface area contributed by atoms with Gasteiger partial charge in [-0.15, -0.1) is 12.4 Å². The van der Waals surface area contributed by atoms with Crippen LogP contribution in [0.5, 0.6) is 0 Å². The highest BCUT2D eigenvalue weighted by molar-refractivity contribution is 7.22. The van der Waals surface area contributed by atoms with Gasteiger partial charge in [0.15, 0.2) is 5.13 Å². The first-order valence-electron chi connectivity index (χ1n) is 5.14. The van der Waals surface area contributed by atoms with Crippen LogP contribution in [0.25, 0.3) is 10.2 Å². The normalized spacial score (nSPS) is 15.4. The number of halogens is 2. The van der Waals surface area contributed by atoms with Crippen molar-refractivity contribution in [2.45, 2.75) is 12.8 Å². The van der Waals surface area contributed by atoms with E-state index in [0.29, 0.717) is 0 Å². The second-order valence-electron chi connectivity index (χ2n) is 3.80. The molecule has 0 N–H and O–H groups in total. The summed E-state index contributed by atoms with van der Waals surface area (Å²) in [5.74, 6) is 0. The van der Waals surface area contributed by atoms with Crippen molar-refractivity contribution in [3.05, 3.63) is 23.2 Å². The van der Waals surface area contributed by atoms with Crippen LogP contribution >= 0.6 is 35.3 Å². The molecule has 1 saturated heterocycles. The van der Waals surface area contributed by atoms with Gasteiger partial charge in [0, 0.05) is 18.1 Å². The molecule has 2 nitrogen and oxygen atoms in total. The molecule has 16 heavy (non-hydrogen) atoms. The van der Waals surface area contributed by atoms with Crippen molar-refractivity contribution < 1.29 is 0 Å². The molecule has 5 heteroatoms. The number of anilines is 1. The summed E-state index contributed by atoms with van der Waals surface area (Å²) in [6.07, 6.45) is 2.58. The second-order valence-corrected chi connectivity index (χ2v) is 5.25. The Balaban J connectivity index is 0.000000963. The lowest BCUT2D eigenvalue weighted by atomic mass is 10.3. The van der Waals surface area contributed by atoms with Crippen LogP contribution in [0.4, 0.5) is 5.13 Å². The molecule has 0 unspecified atom stereocenters. The van der Waals surface area contributed by atoms with Gasteiger partial charge in [0.05, 0.1) is 10.2 Å². The third-order valence-electron chi connectivity index (χ3n) is 2.72. The molecule has 0 atom stereocenters. The Hall–Kier alpha value is -0.510. The first-order valence-corrected chi connectivity index (χ1v) is 6.33. The number of benzene rings is 1. The Kier molecular flexibility index (Phi) is 3.57. The van der Waals surface area contributed by atoms with E-state index in [1.54, 1.807) is 11.3 Å². The molecule has 2 aromatic rings. The van der Waals surface area contributed by atoms with Crippen molar-refractivity contribution in [3.8, 4) is 0 Å². The largest absolute Gasteiger partial charge is 0.348 e. The van der Waals surface area contributed by atoms with Gasteiger partial charge in [0.25, 0.3) is 0 Å². The van der Waals surface area contributed by atoms with Gasteiger partial charge < -0.3 is 4.90 Å². The third kappa shape index (κ3) is 2.12. The van der Waals surface area contributed by atoms with Crippen LogP contribution in [0.3, 0.4) is 0 Å². The number of hydrogen-bond donors (Lipinski definition) is 0. The molecule has 1 aromatic heterocycles. The van der Waals surface area contributed by atoms with E-state index in [4.69, 9.17) is 11.6 Å². The molecule has 1 aliphatic rings. The van der Waals surface area contributed by atoms with E-state index in [9.17, 15) is 0 Å². The molecular formula is C11H12Cl2N2S. The van der Waals surface area contributed by atoms with Gasteiger partial charge in [-0.25, -0.2) is 4.98 Å². The zero-order valence-corrected chi connectivity index (χ0v) is 11.0. The first-order chi connectivity index (χ1) is 7.33. The van der Waals surface area contributed by atoms with E-state index in [-0.39, 0.29) is 12.4 Å². The maximum absolute atomic E-state index is 5.95. The number of nitrogens with zero attached hydrogens (tertiary/aromatic N) is 2. The molecule has 0 radical (unpaired) electrons. The minimum atomic E-state index is 0. The fourth-order valence-corrected chi connectivity index (χ4v) is 3.22. The molecule has 2 heterocycles. The fourth-order valence-electron chi connectivity index (χ4n) is 1.93. The van der Waals surface area contributed by atoms with Crippen molar-refractivity contribution in [1.29, 1.82) is 0 Å². The number of fused-ring (bicyclic) bond motifs is 1. The minimum absolute atomic E-state index is 0. The Morgan fingerprint density at radius 1 is 1.25 bits per heavy atom. The highest BCUT2D eigenvalue weighted by Gasteiger charge is 2.16. The van der Waals surface area contributed by atoms with Gasteiger partial charge in [0.2, 0.25) is 0 Å². The monoisotopic (exact) mass is 274 g/mol. The quantitative estimate of drug-likeness (QED) is 0.782. The molecule has 3 rings (SSSR count). The van der Waals surface area contributed by atoms with Crippen LogP contribution < -0.4 is 4.90 Å². The standard InChI is InChI=1S/C11H11ClN2S.ClH/c12-8-3-4-9-10(7-8)15-11(13-9)14-5-1-2-6-14;/h3-4,7H,1-2,5-6H2;1H. The molecule has 1 aliphatic heterocycles. The average molecular weight is 275 g/mol. The molecule has 0 bridgehead atoms. The fraction of sp³-hybridized carbons (Fsp3) is 0.364. The first kappa shape index (κ1) is 12.0. The van der Waals surface area contributed by atoms with Crippen LogP contribution in [0.1, 0.15) is 12.8 Å². The topological polar surface area (TPSA) is 16.1 Å². The summed E-state index contributed by atoms with van der Waals surface area (Å²) in [7, 11) is 0. The van der Waals surface area contributed by atoms with Crippen molar-refractivity contribution in [2.24, 2.45) is 0 Å². The second kappa shape index (κ2) is 4.78. The summed E-state index contributed by atoms with van der Waals surface area (Å²) in [6, 6.07) is 5.89. The summed E-state index contributed by atoms with van der Waals surface area (Å²) in [5, 5.41) is 1.93. The highest BCUT2D eigenvalue weighted by Crippen LogP contribution is 2.32. The van der Waals surface area contributed by atoms with Crippen LogP contribution in [0.15, 0.2) is 18.2 Å². The van der Waals surface area contributed by atoms with Gasteiger partial charge in [-0.2, -0.15) is 0 Å². The van der Waals surface area contributed by atoms with Gasteiger partial charge in [-0.3, -0.25) is 0 Å². The zero-order chi connectivity index (χ0) is 10.3. The Morgan fingerprint density at radius 3 is 2.75 bits per heavy atom. The predicted molar refractivity (Wildman–Crippen MR) is 73.3 cm³/mol. The van der Waals surface area contributed by atoms with Crippen molar-refractivity contribution in [2.75, 3.05) is 18.0 Å². The van der Waals surface area contributed by atoms with Gasteiger partial charge >= 0.3 is 0 Å². The van der Waals surface area contributed by atoms with E-state index in [2.05, 4.69) is 9.88 Å². The molecule has 0 aliphatic carbocycles. The minimum Gasteiger partial charge on any atom is -0.348 e. The number of aromatic nitrogens is 1. The smallest absolute Gasteiger partial charge is 0.186 e. The van der Waals surface area contributed by atoms with Crippen molar-refractivity contribution in [3.63, 3.8) is 0 Å². The third-order valence-corrected chi connectivity index (χ3v) is 4.03. The van der Waals surface area contributed by atoms with E-state index in [1.165, 1.54) is 17.5 Å². The van der Waals surface area contributed by atoms with Crippen LogP contribution in [-0.4, -0.2) is 18.1 Å². The Labute approximate surface area is 110 Å². The lowest BCUT2D eigenvalue weighted by Gasteiger charge is -2.11. The predicted octanol–water partition coefficient (Wildman–Crippen LogP) is 3.97. The van der Waals surface area contributed by atoms with Gasteiger partial charge in [0.1, 0.15) is 0 Å². The van der Waals surface area contributed by atoms with Crippen molar-refractivity contribution >= 4 is 50.7 Å².